The van der Waals surface area contributed by atoms with Gasteiger partial charge in [-0.15, -0.1) is 0 Å². The smallest absolute Gasteiger partial charge is 0.329 e. The van der Waals surface area contributed by atoms with Gasteiger partial charge in [-0.05, 0) is 51.3 Å². The number of carboxylic acid groups (broad SMARTS) is 1. The molecule has 4 heteroatoms. The maximum Gasteiger partial charge on any atom is 0.329 e. The lowest BCUT2D eigenvalue weighted by Crippen LogP contribution is -2.52. The molecule has 0 fully saturated rings. The molecule has 4 nitrogen and oxygen atoms in total. The van der Waals surface area contributed by atoms with E-state index in [1.165, 1.54) is 10.5 Å². The number of aliphatic carboxylic acids is 1. The largest absolute Gasteiger partial charge is 0.480 e. The molecule has 0 spiro atoms. The average Bonchev–Trinajstić information content (AvgIpc) is 2.45. The number of rotatable bonds is 7. The molecule has 0 saturated heterocycles. The number of carbonyl (C=O) groups excluding carboxylic acids is 1. The van der Waals surface area contributed by atoms with Crippen LogP contribution in [0.3, 0.4) is 0 Å². The van der Waals surface area contributed by atoms with Crippen LogP contribution in [0.2, 0.25) is 0 Å². The molecule has 1 aromatic rings. The third kappa shape index (κ3) is 4.06. The molecule has 1 rings (SSSR count). The van der Waals surface area contributed by atoms with Gasteiger partial charge in [0.15, 0.2) is 0 Å². The van der Waals surface area contributed by atoms with Gasteiger partial charge in [-0.2, -0.15) is 0 Å². The lowest BCUT2D eigenvalue weighted by Gasteiger charge is -2.34. The van der Waals surface area contributed by atoms with E-state index in [0.717, 1.165) is 19.3 Å². The van der Waals surface area contributed by atoms with Crippen LogP contribution in [0.15, 0.2) is 24.3 Å². The summed E-state index contributed by atoms with van der Waals surface area (Å²) in [6, 6.07) is 7.47. The SMILES string of the molecule is CCCCc1ccc(C(=O)N(CC)C(C)(C)C(=O)O)cc1. The van der Waals surface area contributed by atoms with E-state index < -0.39 is 11.5 Å². The van der Waals surface area contributed by atoms with Crippen molar-refractivity contribution in [2.75, 3.05) is 6.54 Å². The highest BCUT2D eigenvalue weighted by Gasteiger charge is 2.37. The molecule has 0 aromatic heterocycles. The zero-order chi connectivity index (χ0) is 16.0. The van der Waals surface area contributed by atoms with Crippen LogP contribution >= 0.6 is 0 Å². The Labute approximate surface area is 126 Å². The van der Waals surface area contributed by atoms with E-state index in [1.54, 1.807) is 32.9 Å². The minimum absolute atomic E-state index is 0.244. The highest BCUT2D eigenvalue weighted by Crippen LogP contribution is 2.19. The van der Waals surface area contributed by atoms with E-state index in [2.05, 4.69) is 6.92 Å². The topological polar surface area (TPSA) is 57.6 Å². The number of benzene rings is 1. The molecule has 1 aromatic carbocycles. The molecule has 0 aliphatic carbocycles. The Bertz CT molecular complexity index is 491. The summed E-state index contributed by atoms with van der Waals surface area (Å²) in [6.07, 6.45) is 3.26. The molecule has 0 aliphatic heterocycles. The summed E-state index contributed by atoms with van der Waals surface area (Å²) in [5, 5.41) is 9.29. The summed E-state index contributed by atoms with van der Waals surface area (Å²) in [7, 11) is 0. The van der Waals surface area contributed by atoms with Crippen molar-refractivity contribution in [3.63, 3.8) is 0 Å². The van der Waals surface area contributed by atoms with Gasteiger partial charge in [-0.1, -0.05) is 25.5 Å². The number of amides is 1. The Morgan fingerprint density at radius 2 is 1.71 bits per heavy atom. The average molecular weight is 291 g/mol. The molecule has 0 saturated carbocycles. The standard InChI is InChI=1S/C17H25NO3/c1-5-7-8-13-9-11-14(12-10-13)15(19)18(6-2)17(3,4)16(20)21/h9-12H,5-8H2,1-4H3,(H,20,21). The normalized spacial score (nSPS) is 11.2. The van der Waals surface area contributed by atoms with Crippen LogP contribution in [0.25, 0.3) is 0 Å². The molecule has 0 aliphatic rings. The van der Waals surface area contributed by atoms with E-state index in [4.69, 9.17) is 0 Å². The minimum Gasteiger partial charge on any atom is -0.480 e. The molecule has 0 bridgehead atoms. The van der Waals surface area contributed by atoms with Crippen LogP contribution in [0.5, 0.6) is 0 Å². The first kappa shape index (κ1) is 17.2. The van der Waals surface area contributed by atoms with E-state index in [0.29, 0.717) is 12.1 Å². The zero-order valence-corrected chi connectivity index (χ0v) is 13.3. The maximum absolute atomic E-state index is 12.5. The molecular formula is C17H25NO3. The molecule has 21 heavy (non-hydrogen) atoms. The first-order valence-electron chi connectivity index (χ1n) is 7.48. The molecular weight excluding hydrogens is 266 g/mol. The van der Waals surface area contributed by atoms with Crippen LogP contribution < -0.4 is 0 Å². The molecule has 0 atom stereocenters. The lowest BCUT2D eigenvalue weighted by atomic mass is 10.0. The fourth-order valence-electron chi connectivity index (χ4n) is 2.26. The number of nitrogens with zero attached hydrogens (tertiary/aromatic N) is 1. The first-order valence-corrected chi connectivity index (χ1v) is 7.48. The Kier molecular flexibility index (Phi) is 5.94. The third-order valence-corrected chi connectivity index (χ3v) is 3.78. The van der Waals surface area contributed by atoms with Gasteiger partial charge < -0.3 is 10.0 Å². The molecule has 1 amide bonds. The van der Waals surface area contributed by atoms with Crippen molar-refractivity contribution in [3.8, 4) is 0 Å². The third-order valence-electron chi connectivity index (χ3n) is 3.78. The minimum atomic E-state index is -1.22. The van der Waals surface area contributed by atoms with Crippen LogP contribution in [0, 0.1) is 0 Å². The molecule has 1 N–H and O–H groups in total. The Morgan fingerprint density at radius 3 is 2.14 bits per heavy atom. The second kappa shape index (κ2) is 7.25. The van der Waals surface area contributed by atoms with Gasteiger partial charge in [0.2, 0.25) is 0 Å². The monoisotopic (exact) mass is 291 g/mol. The maximum atomic E-state index is 12.5. The second-order valence-corrected chi connectivity index (χ2v) is 5.71. The Balaban J connectivity index is 2.93. The Morgan fingerprint density at radius 1 is 1.14 bits per heavy atom. The summed E-state index contributed by atoms with van der Waals surface area (Å²) >= 11 is 0. The summed E-state index contributed by atoms with van der Waals surface area (Å²) < 4.78 is 0. The number of hydrogen-bond donors (Lipinski definition) is 1. The summed E-state index contributed by atoms with van der Waals surface area (Å²) in [4.78, 5) is 25.2. The van der Waals surface area contributed by atoms with Gasteiger partial charge in [0.05, 0.1) is 0 Å². The second-order valence-electron chi connectivity index (χ2n) is 5.71. The van der Waals surface area contributed by atoms with Crippen molar-refractivity contribution < 1.29 is 14.7 Å². The van der Waals surface area contributed by atoms with E-state index >= 15 is 0 Å². The van der Waals surface area contributed by atoms with Crippen LogP contribution in [-0.4, -0.2) is 34.0 Å². The van der Waals surface area contributed by atoms with Crippen molar-refractivity contribution in [2.45, 2.75) is 52.5 Å². The van der Waals surface area contributed by atoms with Crippen LogP contribution in [-0.2, 0) is 11.2 Å². The number of carboxylic acids is 1. The van der Waals surface area contributed by atoms with Crippen molar-refractivity contribution >= 4 is 11.9 Å². The van der Waals surface area contributed by atoms with Crippen molar-refractivity contribution in [2.24, 2.45) is 0 Å². The molecule has 0 unspecified atom stereocenters. The highest BCUT2D eigenvalue weighted by atomic mass is 16.4. The van der Waals surface area contributed by atoms with Crippen molar-refractivity contribution in [3.05, 3.63) is 35.4 Å². The van der Waals surface area contributed by atoms with Gasteiger partial charge in [-0.3, -0.25) is 4.79 Å². The van der Waals surface area contributed by atoms with Gasteiger partial charge in [0.1, 0.15) is 5.54 Å². The van der Waals surface area contributed by atoms with E-state index in [-0.39, 0.29) is 5.91 Å². The van der Waals surface area contributed by atoms with Gasteiger partial charge >= 0.3 is 5.97 Å². The van der Waals surface area contributed by atoms with Gasteiger partial charge in [0.25, 0.3) is 5.91 Å². The first-order chi connectivity index (χ1) is 9.84. The highest BCUT2D eigenvalue weighted by molar-refractivity contribution is 5.97. The molecule has 116 valence electrons. The van der Waals surface area contributed by atoms with Gasteiger partial charge in [-0.25, -0.2) is 4.79 Å². The lowest BCUT2D eigenvalue weighted by molar-refractivity contribution is -0.147. The predicted molar refractivity (Wildman–Crippen MR) is 83.5 cm³/mol. The number of likely N-dealkylation sites (N-methyl/N-ethyl adjacent to an activating group) is 1. The fraction of sp³-hybridized carbons (Fsp3) is 0.529. The molecule has 0 heterocycles. The number of aryl methyl sites for hydroxylation is 1. The van der Waals surface area contributed by atoms with E-state index in [9.17, 15) is 14.7 Å². The Hall–Kier alpha value is -1.84. The predicted octanol–water partition coefficient (Wildman–Crippen LogP) is 3.35. The number of hydrogen-bond acceptors (Lipinski definition) is 2. The van der Waals surface area contributed by atoms with E-state index in [1.807, 2.05) is 12.1 Å². The van der Waals surface area contributed by atoms with Crippen LogP contribution in [0.1, 0.15) is 56.5 Å². The molecule has 0 radical (unpaired) electrons. The number of carbonyl (C=O) groups is 2. The van der Waals surface area contributed by atoms with Crippen molar-refractivity contribution in [1.29, 1.82) is 0 Å². The summed E-state index contributed by atoms with van der Waals surface area (Å²) in [6.45, 7) is 7.39. The zero-order valence-electron chi connectivity index (χ0n) is 13.3. The van der Waals surface area contributed by atoms with Gasteiger partial charge in [0, 0.05) is 12.1 Å². The quantitative estimate of drug-likeness (QED) is 0.838. The van der Waals surface area contributed by atoms with Crippen molar-refractivity contribution in [1.82, 2.24) is 4.90 Å². The summed E-state index contributed by atoms with van der Waals surface area (Å²) in [5.41, 5.74) is 0.521. The fourth-order valence-corrected chi connectivity index (χ4v) is 2.26. The van der Waals surface area contributed by atoms with Crippen LogP contribution in [0.4, 0.5) is 0 Å². The summed E-state index contributed by atoms with van der Waals surface area (Å²) in [5.74, 6) is -1.25. The number of unbranched alkanes of at least 4 members (excludes halogenated alkanes) is 1.